The molecule has 0 aliphatic heterocycles. The Morgan fingerprint density at radius 3 is 2.10 bits per heavy atom. The Morgan fingerprint density at radius 1 is 0.581 bits per heavy atom. The van der Waals surface area contributed by atoms with Crippen molar-refractivity contribution < 1.29 is 35.7 Å². The van der Waals surface area contributed by atoms with Crippen molar-refractivity contribution >= 4 is 23.4 Å². The quantitative estimate of drug-likeness (QED) is 0.179. The van der Waals surface area contributed by atoms with Gasteiger partial charge in [0, 0.05) is 17.5 Å². The molecule has 31 heavy (non-hydrogen) atoms. The lowest BCUT2D eigenvalue weighted by Crippen LogP contribution is -2.45. The zero-order chi connectivity index (χ0) is 22.1. The van der Waals surface area contributed by atoms with E-state index in [2.05, 4.69) is 0 Å². The van der Waals surface area contributed by atoms with Crippen molar-refractivity contribution in [2.45, 2.75) is 0 Å². The normalized spacial score (nSPS) is 10.9. The van der Waals surface area contributed by atoms with Crippen molar-refractivity contribution in [1.29, 1.82) is 0 Å². The van der Waals surface area contributed by atoms with Gasteiger partial charge in [-0.15, -0.1) is 0 Å². The Labute approximate surface area is 172 Å². The fourth-order valence-corrected chi connectivity index (χ4v) is 3.02. The summed E-state index contributed by atoms with van der Waals surface area (Å²) in [6.07, 6.45) is 0. The summed E-state index contributed by atoms with van der Waals surface area (Å²) in [6.45, 7) is 0. The Morgan fingerprint density at radius 2 is 1.29 bits per heavy atom. The topological polar surface area (TPSA) is 18.5 Å². The first kappa shape index (κ1) is 20.6. The van der Waals surface area contributed by atoms with Gasteiger partial charge in [-0.2, -0.15) is 4.39 Å². The van der Waals surface area contributed by atoms with E-state index in [4.69, 9.17) is 9.31 Å². The molecule has 0 aromatic heterocycles. The smallest absolute Gasteiger partial charge is 0.521 e. The number of hydrogen-bond acceptors (Lipinski definition) is 2. The number of benzene rings is 4. The molecule has 0 saturated heterocycles. The molecule has 0 N–H and O–H groups in total. The Hall–Kier alpha value is -3.62. The maximum absolute atomic E-state index is 14.5. The molecule has 4 aromatic rings. The molecular formula is C22H11BF6O2. The second-order valence-corrected chi connectivity index (χ2v) is 6.51. The van der Waals surface area contributed by atoms with Crippen LogP contribution in [0.2, 0.25) is 0 Å². The van der Waals surface area contributed by atoms with Crippen LogP contribution in [-0.2, 0) is 0 Å². The van der Waals surface area contributed by atoms with Crippen molar-refractivity contribution in [2.75, 3.05) is 0 Å². The van der Waals surface area contributed by atoms with Gasteiger partial charge < -0.3 is 9.31 Å². The van der Waals surface area contributed by atoms with Crippen LogP contribution in [0.25, 0.3) is 10.8 Å². The SMILES string of the molecule is Fc1cc(F)c(F)c(OB(Oc2cccc3ccccc23)c2ccc(F)c(F)c2F)c1. The van der Waals surface area contributed by atoms with Gasteiger partial charge in [-0.1, -0.05) is 42.5 Å². The summed E-state index contributed by atoms with van der Waals surface area (Å²) in [5.41, 5.74) is -0.643. The predicted molar refractivity (Wildman–Crippen MR) is 103 cm³/mol. The van der Waals surface area contributed by atoms with Crippen LogP contribution in [-0.4, -0.2) is 7.12 Å². The standard InChI is InChI=1S/C22H11BF6O2/c24-13-10-17(26)21(28)19(11-13)31-23(15-8-9-16(25)22(29)20(15)27)30-18-7-3-5-12-4-1-2-6-14(12)18/h1-11H. The van der Waals surface area contributed by atoms with Crippen LogP contribution in [0.5, 0.6) is 11.5 Å². The summed E-state index contributed by atoms with van der Waals surface area (Å²) in [7, 11) is -1.91. The molecule has 0 amide bonds. The lowest BCUT2D eigenvalue weighted by molar-refractivity contribution is 0.396. The zero-order valence-corrected chi connectivity index (χ0v) is 15.5. The maximum atomic E-state index is 14.5. The van der Waals surface area contributed by atoms with E-state index in [1.807, 2.05) is 0 Å². The highest BCUT2D eigenvalue weighted by atomic mass is 19.2. The fourth-order valence-electron chi connectivity index (χ4n) is 3.02. The first-order valence-corrected chi connectivity index (χ1v) is 8.94. The highest BCUT2D eigenvalue weighted by molar-refractivity contribution is 6.63. The fraction of sp³-hybridized carbons (Fsp3) is 0. The number of halogens is 6. The summed E-state index contributed by atoms with van der Waals surface area (Å²) in [4.78, 5) is 0. The van der Waals surface area contributed by atoms with Crippen LogP contribution in [0.3, 0.4) is 0 Å². The van der Waals surface area contributed by atoms with Crippen molar-refractivity contribution in [2.24, 2.45) is 0 Å². The molecule has 0 heterocycles. The average molecular weight is 432 g/mol. The van der Waals surface area contributed by atoms with Gasteiger partial charge in [0.05, 0.1) is 5.46 Å². The third-order valence-corrected chi connectivity index (χ3v) is 4.50. The minimum absolute atomic E-state index is 0.129. The van der Waals surface area contributed by atoms with Crippen molar-refractivity contribution in [1.82, 2.24) is 0 Å². The molecule has 0 aliphatic rings. The van der Waals surface area contributed by atoms with Crippen LogP contribution in [0.15, 0.2) is 66.7 Å². The van der Waals surface area contributed by atoms with E-state index in [-0.39, 0.29) is 5.75 Å². The summed E-state index contributed by atoms with van der Waals surface area (Å²) >= 11 is 0. The van der Waals surface area contributed by atoms with Gasteiger partial charge in [-0.25, -0.2) is 22.0 Å². The molecule has 0 bridgehead atoms. The number of hydrogen-bond donors (Lipinski definition) is 0. The zero-order valence-electron chi connectivity index (χ0n) is 15.5. The molecular weight excluding hydrogens is 421 g/mol. The van der Waals surface area contributed by atoms with Crippen LogP contribution >= 0.6 is 0 Å². The van der Waals surface area contributed by atoms with Crippen LogP contribution in [0.1, 0.15) is 0 Å². The molecule has 2 nitrogen and oxygen atoms in total. The summed E-state index contributed by atoms with van der Waals surface area (Å²) in [5.74, 6) is -10.0. The molecule has 0 spiro atoms. The first-order valence-electron chi connectivity index (χ1n) is 8.94. The largest absolute Gasteiger partial charge is 0.635 e. The van der Waals surface area contributed by atoms with E-state index in [0.29, 0.717) is 23.6 Å². The highest BCUT2D eigenvalue weighted by Crippen LogP contribution is 2.28. The van der Waals surface area contributed by atoms with Gasteiger partial charge in [-0.3, -0.25) is 0 Å². The van der Waals surface area contributed by atoms with E-state index in [1.54, 1.807) is 36.4 Å². The molecule has 0 saturated carbocycles. The van der Waals surface area contributed by atoms with E-state index in [9.17, 15) is 26.3 Å². The Bertz CT molecular complexity index is 1280. The molecule has 4 rings (SSSR count). The van der Waals surface area contributed by atoms with Gasteiger partial charge in [0.25, 0.3) is 0 Å². The second-order valence-electron chi connectivity index (χ2n) is 6.51. The molecule has 0 atom stereocenters. The summed E-state index contributed by atoms with van der Waals surface area (Å²) in [6, 6.07) is 14.0. The third kappa shape index (κ3) is 4.03. The summed E-state index contributed by atoms with van der Waals surface area (Å²) in [5, 5.41) is 1.28. The first-order chi connectivity index (χ1) is 14.8. The van der Waals surface area contributed by atoms with Gasteiger partial charge in [0.15, 0.2) is 29.1 Å². The summed E-state index contributed by atoms with van der Waals surface area (Å²) < 4.78 is 93.9. The van der Waals surface area contributed by atoms with Gasteiger partial charge in [0.1, 0.15) is 17.3 Å². The van der Waals surface area contributed by atoms with Gasteiger partial charge in [-0.05, 0) is 17.5 Å². The predicted octanol–water partition coefficient (Wildman–Crippen LogP) is 5.53. The third-order valence-electron chi connectivity index (χ3n) is 4.50. The van der Waals surface area contributed by atoms with Crippen molar-refractivity contribution in [3.63, 3.8) is 0 Å². The lowest BCUT2D eigenvalue weighted by Gasteiger charge is -2.19. The van der Waals surface area contributed by atoms with E-state index < -0.39 is 53.2 Å². The highest BCUT2D eigenvalue weighted by Gasteiger charge is 2.34. The number of fused-ring (bicyclic) bond motifs is 1. The second kappa shape index (κ2) is 8.25. The van der Waals surface area contributed by atoms with Crippen molar-refractivity contribution in [3.8, 4) is 11.5 Å². The molecule has 0 fully saturated rings. The lowest BCUT2D eigenvalue weighted by atomic mass is 9.77. The van der Waals surface area contributed by atoms with Crippen LogP contribution in [0.4, 0.5) is 26.3 Å². The molecule has 0 radical (unpaired) electrons. The van der Waals surface area contributed by atoms with Gasteiger partial charge in [0.2, 0.25) is 0 Å². The maximum Gasteiger partial charge on any atom is 0.635 e. The van der Waals surface area contributed by atoms with Crippen LogP contribution in [0, 0.1) is 34.9 Å². The van der Waals surface area contributed by atoms with E-state index in [1.165, 1.54) is 6.07 Å². The minimum atomic E-state index is -1.91. The minimum Gasteiger partial charge on any atom is -0.521 e. The Balaban J connectivity index is 1.83. The van der Waals surface area contributed by atoms with Crippen molar-refractivity contribution in [3.05, 3.63) is 102 Å². The molecule has 9 heteroatoms. The number of rotatable bonds is 5. The van der Waals surface area contributed by atoms with E-state index >= 15 is 0 Å². The Kier molecular flexibility index (Phi) is 5.50. The molecule has 0 aliphatic carbocycles. The molecule has 4 aromatic carbocycles. The molecule has 156 valence electrons. The molecule has 0 unspecified atom stereocenters. The van der Waals surface area contributed by atoms with Gasteiger partial charge >= 0.3 is 7.12 Å². The van der Waals surface area contributed by atoms with Crippen LogP contribution < -0.4 is 14.8 Å². The average Bonchev–Trinajstić information content (AvgIpc) is 2.75. The van der Waals surface area contributed by atoms with E-state index in [0.717, 1.165) is 11.5 Å². The monoisotopic (exact) mass is 432 g/mol.